The number of hydrogen-bond acceptors (Lipinski definition) is 3. The molecule has 2 aromatic carbocycles. The second-order valence-electron chi connectivity index (χ2n) is 6.88. The van der Waals surface area contributed by atoms with Gasteiger partial charge in [0, 0.05) is 11.4 Å². The van der Waals surface area contributed by atoms with Crippen LogP contribution in [-0.4, -0.2) is 12.7 Å². The zero-order valence-electron chi connectivity index (χ0n) is 13.9. The maximum absolute atomic E-state index is 11.7. The molecule has 0 fully saturated rings. The standard InChI is InChI=1S/C19H24N2O2/c1-19(2,3)13-23-18(22)21-17-10-6-15(7-11-17)12-14-4-8-16(20)9-5-14/h4-11H,12-13,20H2,1-3H3,(H,21,22). The maximum Gasteiger partial charge on any atom is 0.411 e. The molecule has 0 aromatic heterocycles. The molecular weight excluding hydrogens is 288 g/mol. The van der Waals surface area contributed by atoms with E-state index in [9.17, 15) is 4.79 Å². The van der Waals surface area contributed by atoms with Gasteiger partial charge in [0.15, 0.2) is 0 Å². The van der Waals surface area contributed by atoms with Crippen LogP contribution in [0, 0.1) is 5.41 Å². The first-order valence-corrected chi connectivity index (χ1v) is 7.69. The van der Waals surface area contributed by atoms with Gasteiger partial charge in [-0.2, -0.15) is 0 Å². The SMILES string of the molecule is CC(C)(C)COC(=O)Nc1ccc(Cc2ccc(N)cc2)cc1. The summed E-state index contributed by atoms with van der Waals surface area (Å²) < 4.78 is 5.19. The number of ether oxygens (including phenoxy) is 1. The van der Waals surface area contributed by atoms with Crippen LogP contribution in [0.15, 0.2) is 48.5 Å². The Hall–Kier alpha value is -2.49. The van der Waals surface area contributed by atoms with Crippen LogP contribution in [0.25, 0.3) is 0 Å². The molecule has 0 heterocycles. The second kappa shape index (κ2) is 7.18. The van der Waals surface area contributed by atoms with Gasteiger partial charge in [-0.25, -0.2) is 4.79 Å². The molecule has 23 heavy (non-hydrogen) atoms. The monoisotopic (exact) mass is 312 g/mol. The lowest BCUT2D eigenvalue weighted by Crippen LogP contribution is -2.21. The quantitative estimate of drug-likeness (QED) is 0.820. The van der Waals surface area contributed by atoms with Crippen LogP contribution in [0.2, 0.25) is 0 Å². The smallest absolute Gasteiger partial charge is 0.411 e. The number of nitrogens with two attached hydrogens (primary N) is 1. The van der Waals surface area contributed by atoms with Crippen LogP contribution in [0.4, 0.5) is 16.2 Å². The second-order valence-corrected chi connectivity index (χ2v) is 6.88. The van der Waals surface area contributed by atoms with Gasteiger partial charge >= 0.3 is 6.09 Å². The van der Waals surface area contributed by atoms with E-state index in [2.05, 4.69) is 5.32 Å². The van der Waals surface area contributed by atoms with Crippen LogP contribution in [0.1, 0.15) is 31.9 Å². The summed E-state index contributed by atoms with van der Waals surface area (Å²) in [6.45, 7) is 6.44. The van der Waals surface area contributed by atoms with E-state index >= 15 is 0 Å². The summed E-state index contributed by atoms with van der Waals surface area (Å²) in [5.41, 5.74) is 9.51. The Labute approximate surface area is 137 Å². The molecule has 0 radical (unpaired) electrons. The molecule has 4 heteroatoms. The van der Waals surface area contributed by atoms with Crippen molar-refractivity contribution in [2.75, 3.05) is 17.7 Å². The van der Waals surface area contributed by atoms with E-state index in [0.29, 0.717) is 6.61 Å². The first-order valence-electron chi connectivity index (χ1n) is 7.69. The molecule has 0 spiro atoms. The molecule has 1 amide bonds. The minimum absolute atomic E-state index is 0.0414. The van der Waals surface area contributed by atoms with Crippen LogP contribution in [-0.2, 0) is 11.2 Å². The number of anilines is 2. The molecule has 0 atom stereocenters. The van der Waals surface area contributed by atoms with E-state index in [0.717, 1.165) is 17.8 Å². The molecule has 0 saturated carbocycles. The van der Waals surface area contributed by atoms with Gasteiger partial charge in [0.1, 0.15) is 0 Å². The molecule has 2 aromatic rings. The highest BCUT2D eigenvalue weighted by Gasteiger charge is 2.13. The van der Waals surface area contributed by atoms with E-state index in [1.165, 1.54) is 11.1 Å². The van der Waals surface area contributed by atoms with E-state index in [4.69, 9.17) is 10.5 Å². The number of amides is 1. The van der Waals surface area contributed by atoms with E-state index in [1.807, 2.05) is 69.3 Å². The van der Waals surface area contributed by atoms with E-state index < -0.39 is 6.09 Å². The molecule has 0 bridgehead atoms. The molecule has 0 saturated heterocycles. The average Bonchev–Trinajstić information content (AvgIpc) is 2.49. The highest BCUT2D eigenvalue weighted by Crippen LogP contribution is 2.16. The van der Waals surface area contributed by atoms with Crippen molar-refractivity contribution in [1.29, 1.82) is 0 Å². The third-order valence-electron chi connectivity index (χ3n) is 3.22. The summed E-state index contributed by atoms with van der Waals surface area (Å²) in [4.78, 5) is 11.7. The van der Waals surface area contributed by atoms with Crippen LogP contribution in [0.3, 0.4) is 0 Å². The minimum atomic E-state index is -0.425. The number of carbonyl (C=O) groups excluding carboxylic acids is 1. The summed E-state index contributed by atoms with van der Waals surface area (Å²) in [6.07, 6.45) is 0.404. The molecule has 0 aliphatic rings. The van der Waals surface area contributed by atoms with Crippen LogP contribution < -0.4 is 11.1 Å². The fourth-order valence-electron chi connectivity index (χ4n) is 2.01. The fourth-order valence-corrected chi connectivity index (χ4v) is 2.01. The van der Waals surface area contributed by atoms with Gasteiger partial charge in [-0.05, 0) is 47.2 Å². The number of hydrogen-bond donors (Lipinski definition) is 2. The van der Waals surface area contributed by atoms with Crippen molar-refractivity contribution in [3.8, 4) is 0 Å². The largest absolute Gasteiger partial charge is 0.449 e. The molecule has 122 valence electrons. The van der Waals surface area contributed by atoms with Crippen LogP contribution in [0.5, 0.6) is 0 Å². The number of carbonyl (C=O) groups is 1. The van der Waals surface area contributed by atoms with Crippen molar-refractivity contribution in [2.45, 2.75) is 27.2 Å². The molecular formula is C19H24N2O2. The number of nitrogen functional groups attached to an aromatic ring is 1. The molecule has 2 rings (SSSR count). The topological polar surface area (TPSA) is 64.3 Å². The van der Waals surface area contributed by atoms with E-state index in [-0.39, 0.29) is 5.41 Å². The van der Waals surface area contributed by atoms with Gasteiger partial charge in [-0.1, -0.05) is 45.0 Å². The highest BCUT2D eigenvalue weighted by atomic mass is 16.5. The van der Waals surface area contributed by atoms with Gasteiger partial charge in [-0.15, -0.1) is 0 Å². The van der Waals surface area contributed by atoms with Gasteiger partial charge in [-0.3, -0.25) is 5.32 Å². The number of rotatable bonds is 4. The minimum Gasteiger partial charge on any atom is -0.449 e. The normalized spacial score (nSPS) is 11.1. The Bertz CT molecular complexity index is 641. The van der Waals surface area contributed by atoms with Crippen molar-refractivity contribution in [1.82, 2.24) is 0 Å². The summed E-state index contributed by atoms with van der Waals surface area (Å²) >= 11 is 0. The third-order valence-corrected chi connectivity index (χ3v) is 3.22. The van der Waals surface area contributed by atoms with Gasteiger partial charge in [0.2, 0.25) is 0 Å². The summed E-state index contributed by atoms with van der Waals surface area (Å²) in [6, 6.07) is 15.6. The first kappa shape index (κ1) is 16.9. The highest BCUT2D eigenvalue weighted by molar-refractivity contribution is 5.84. The summed E-state index contributed by atoms with van der Waals surface area (Å²) in [5.74, 6) is 0. The molecule has 0 aliphatic heterocycles. The zero-order valence-corrected chi connectivity index (χ0v) is 13.9. The van der Waals surface area contributed by atoms with Crippen molar-refractivity contribution < 1.29 is 9.53 Å². The Kier molecular flexibility index (Phi) is 5.27. The Morgan fingerprint density at radius 2 is 1.52 bits per heavy atom. The zero-order chi connectivity index (χ0) is 16.9. The lowest BCUT2D eigenvalue weighted by atomic mass is 9.99. The third kappa shape index (κ3) is 6.02. The number of nitrogens with one attached hydrogen (secondary N) is 1. The molecule has 0 aliphatic carbocycles. The van der Waals surface area contributed by atoms with Crippen molar-refractivity contribution in [2.24, 2.45) is 5.41 Å². The summed E-state index contributed by atoms with van der Waals surface area (Å²) in [5, 5.41) is 2.74. The fraction of sp³-hybridized carbons (Fsp3) is 0.316. The van der Waals surface area contributed by atoms with Gasteiger partial charge in [0.25, 0.3) is 0 Å². The average molecular weight is 312 g/mol. The van der Waals surface area contributed by atoms with Gasteiger partial charge in [0.05, 0.1) is 6.61 Å². The van der Waals surface area contributed by atoms with Crippen LogP contribution >= 0.6 is 0 Å². The lowest BCUT2D eigenvalue weighted by Gasteiger charge is -2.18. The first-order chi connectivity index (χ1) is 10.8. The van der Waals surface area contributed by atoms with E-state index in [1.54, 1.807) is 0 Å². The lowest BCUT2D eigenvalue weighted by molar-refractivity contribution is 0.118. The van der Waals surface area contributed by atoms with Crippen molar-refractivity contribution in [3.63, 3.8) is 0 Å². The predicted molar refractivity (Wildman–Crippen MR) is 94.5 cm³/mol. The number of benzene rings is 2. The Balaban J connectivity index is 1.89. The molecule has 4 nitrogen and oxygen atoms in total. The predicted octanol–water partition coefficient (Wildman–Crippen LogP) is 4.45. The van der Waals surface area contributed by atoms with Crippen molar-refractivity contribution >= 4 is 17.5 Å². The van der Waals surface area contributed by atoms with Crippen molar-refractivity contribution in [3.05, 3.63) is 59.7 Å². The van der Waals surface area contributed by atoms with Gasteiger partial charge < -0.3 is 10.5 Å². The summed E-state index contributed by atoms with van der Waals surface area (Å²) in [7, 11) is 0. The Morgan fingerprint density at radius 1 is 1.00 bits per heavy atom. The Morgan fingerprint density at radius 3 is 2.04 bits per heavy atom. The molecule has 0 unspecified atom stereocenters. The molecule has 3 N–H and O–H groups in total. The maximum atomic E-state index is 11.7.